The summed E-state index contributed by atoms with van der Waals surface area (Å²) < 4.78 is 0. The lowest BCUT2D eigenvalue weighted by Crippen LogP contribution is -2.30. The molecule has 4 heteroatoms. The molecule has 21 heavy (non-hydrogen) atoms. The highest BCUT2D eigenvalue weighted by Crippen LogP contribution is 2.21. The minimum Gasteiger partial charge on any atom is -0.350 e. The van der Waals surface area contributed by atoms with Crippen LogP contribution in [0, 0.1) is 5.92 Å². The quantitative estimate of drug-likeness (QED) is 0.780. The Morgan fingerprint density at radius 3 is 2.29 bits per heavy atom. The monoisotopic (exact) mass is 289 g/mol. The number of carbonyl (C=O) groups is 1. The maximum atomic E-state index is 11.1. The number of amides is 1. The Hall–Kier alpha value is -1.39. The number of hydrazine groups is 1. The zero-order chi connectivity index (χ0) is 15.4. The molecule has 3 unspecified atom stereocenters. The molecule has 2 rings (SSSR count). The van der Waals surface area contributed by atoms with Crippen molar-refractivity contribution in [1.29, 1.82) is 0 Å². The molecule has 0 saturated carbocycles. The highest BCUT2D eigenvalue weighted by Gasteiger charge is 2.28. The topological polar surface area (TPSA) is 53.2 Å². The zero-order valence-electron chi connectivity index (χ0n) is 13.4. The van der Waals surface area contributed by atoms with Gasteiger partial charge in [-0.2, -0.15) is 0 Å². The molecule has 1 saturated heterocycles. The first kappa shape index (κ1) is 16.0. The molecule has 1 amide bonds. The standard InChI is InChI=1S/C17H27N3O/c1-11(18-14(4)21)16-8-5-15(6-9-16)7-10-17-12(2)19-20-13(17)3/h5-6,8-9,11-13,17,19-20H,7,10H2,1-4H3,(H,18,21). The van der Waals surface area contributed by atoms with Crippen LogP contribution in [0.25, 0.3) is 0 Å². The van der Waals surface area contributed by atoms with Crippen LogP contribution in [-0.4, -0.2) is 18.0 Å². The molecule has 0 spiro atoms. The van der Waals surface area contributed by atoms with Crippen LogP contribution in [0.5, 0.6) is 0 Å². The molecule has 4 nitrogen and oxygen atoms in total. The van der Waals surface area contributed by atoms with Gasteiger partial charge >= 0.3 is 0 Å². The predicted molar refractivity (Wildman–Crippen MR) is 85.7 cm³/mol. The minimum absolute atomic E-state index is 0.00999. The molecule has 1 fully saturated rings. The van der Waals surface area contributed by atoms with E-state index in [2.05, 4.69) is 54.3 Å². The van der Waals surface area contributed by atoms with Crippen molar-refractivity contribution in [1.82, 2.24) is 16.2 Å². The number of benzene rings is 1. The van der Waals surface area contributed by atoms with E-state index in [0.29, 0.717) is 18.0 Å². The van der Waals surface area contributed by atoms with E-state index >= 15 is 0 Å². The van der Waals surface area contributed by atoms with E-state index < -0.39 is 0 Å². The van der Waals surface area contributed by atoms with Gasteiger partial charge in [-0.15, -0.1) is 0 Å². The molecule has 1 aliphatic rings. The van der Waals surface area contributed by atoms with Gasteiger partial charge in [0.05, 0.1) is 6.04 Å². The van der Waals surface area contributed by atoms with Crippen molar-refractivity contribution in [3.63, 3.8) is 0 Å². The van der Waals surface area contributed by atoms with E-state index in [1.807, 2.05) is 6.92 Å². The summed E-state index contributed by atoms with van der Waals surface area (Å²) >= 11 is 0. The number of rotatable bonds is 5. The molecule has 1 heterocycles. The lowest BCUT2D eigenvalue weighted by atomic mass is 9.90. The van der Waals surface area contributed by atoms with Crippen LogP contribution >= 0.6 is 0 Å². The molecule has 0 aromatic heterocycles. The average molecular weight is 289 g/mol. The van der Waals surface area contributed by atoms with Crippen LogP contribution in [0.15, 0.2) is 24.3 Å². The fraction of sp³-hybridized carbons (Fsp3) is 0.588. The molecule has 3 atom stereocenters. The molecule has 0 radical (unpaired) electrons. The first-order valence-electron chi connectivity index (χ1n) is 7.84. The Balaban J connectivity index is 1.89. The molecule has 1 aromatic rings. The van der Waals surface area contributed by atoms with Gasteiger partial charge in [-0.25, -0.2) is 0 Å². The Kier molecular flexibility index (Phi) is 5.37. The Labute approximate surface area is 127 Å². The van der Waals surface area contributed by atoms with E-state index in [1.54, 1.807) is 6.92 Å². The first-order valence-corrected chi connectivity index (χ1v) is 7.84. The maximum Gasteiger partial charge on any atom is 0.217 e. The Bertz CT molecular complexity index is 461. The van der Waals surface area contributed by atoms with Gasteiger partial charge in [0, 0.05) is 19.0 Å². The largest absolute Gasteiger partial charge is 0.350 e. The van der Waals surface area contributed by atoms with E-state index in [0.717, 1.165) is 12.0 Å². The Morgan fingerprint density at radius 2 is 1.76 bits per heavy atom. The predicted octanol–water partition coefficient (Wildman–Crippen LogP) is 2.32. The van der Waals surface area contributed by atoms with Crippen molar-refractivity contribution in [2.45, 2.75) is 58.7 Å². The van der Waals surface area contributed by atoms with Gasteiger partial charge in [-0.3, -0.25) is 15.6 Å². The second-order valence-corrected chi connectivity index (χ2v) is 6.23. The summed E-state index contributed by atoms with van der Waals surface area (Å²) in [5, 5.41) is 2.91. The SMILES string of the molecule is CC(=O)NC(C)c1ccc(CCC2C(C)NNC2C)cc1. The molecule has 1 aliphatic heterocycles. The molecule has 0 aliphatic carbocycles. The number of nitrogens with one attached hydrogen (secondary N) is 3. The normalized spacial score (nSPS) is 26.6. The van der Waals surface area contributed by atoms with Gasteiger partial charge in [-0.05, 0) is 50.7 Å². The zero-order valence-corrected chi connectivity index (χ0v) is 13.4. The van der Waals surface area contributed by atoms with Gasteiger partial charge < -0.3 is 5.32 Å². The summed E-state index contributed by atoms with van der Waals surface area (Å²) in [5.74, 6) is 0.679. The summed E-state index contributed by atoms with van der Waals surface area (Å²) in [4.78, 5) is 11.1. The third-order valence-electron chi connectivity index (χ3n) is 4.49. The van der Waals surface area contributed by atoms with Crippen LogP contribution < -0.4 is 16.2 Å². The van der Waals surface area contributed by atoms with Crippen LogP contribution in [0.2, 0.25) is 0 Å². The van der Waals surface area contributed by atoms with E-state index in [9.17, 15) is 4.79 Å². The van der Waals surface area contributed by atoms with Crippen molar-refractivity contribution in [3.05, 3.63) is 35.4 Å². The van der Waals surface area contributed by atoms with E-state index in [-0.39, 0.29) is 11.9 Å². The van der Waals surface area contributed by atoms with Crippen LogP contribution in [0.3, 0.4) is 0 Å². The van der Waals surface area contributed by atoms with Gasteiger partial charge in [-0.1, -0.05) is 24.3 Å². The van der Waals surface area contributed by atoms with Gasteiger partial charge in [0.1, 0.15) is 0 Å². The van der Waals surface area contributed by atoms with Gasteiger partial charge in [0.15, 0.2) is 0 Å². The summed E-state index contributed by atoms with van der Waals surface area (Å²) in [6.07, 6.45) is 2.28. The molecular formula is C17H27N3O. The van der Waals surface area contributed by atoms with E-state index in [4.69, 9.17) is 0 Å². The summed E-state index contributed by atoms with van der Waals surface area (Å²) in [5.41, 5.74) is 9.13. The van der Waals surface area contributed by atoms with Crippen LogP contribution in [0.4, 0.5) is 0 Å². The molecule has 116 valence electrons. The van der Waals surface area contributed by atoms with Crippen LogP contribution in [0.1, 0.15) is 51.3 Å². The van der Waals surface area contributed by atoms with Crippen molar-refractivity contribution < 1.29 is 4.79 Å². The molecular weight excluding hydrogens is 262 g/mol. The number of hydrogen-bond donors (Lipinski definition) is 3. The maximum absolute atomic E-state index is 11.1. The second kappa shape index (κ2) is 7.05. The second-order valence-electron chi connectivity index (χ2n) is 6.23. The van der Waals surface area contributed by atoms with E-state index in [1.165, 1.54) is 12.0 Å². The minimum atomic E-state index is 0.00999. The lowest BCUT2D eigenvalue weighted by Gasteiger charge is -2.18. The van der Waals surface area contributed by atoms with Crippen molar-refractivity contribution in [2.75, 3.05) is 0 Å². The van der Waals surface area contributed by atoms with Gasteiger partial charge in [0.2, 0.25) is 5.91 Å². The lowest BCUT2D eigenvalue weighted by molar-refractivity contribution is -0.119. The fourth-order valence-electron chi connectivity index (χ4n) is 3.10. The molecule has 0 bridgehead atoms. The first-order chi connectivity index (χ1) is 9.97. The molecule has 3 N–H and O–H groups in total. The highest BCUT2D eigenvalue weighted by molar-refractivity contribution is 5.73. The van der Waals surface area contributed by atoms with Crippen LogP contribution in [-0.2, 0) is 11.2 Å². The van der Waals surface area contributed by atoms with Crippen molar-refractivity contribution >= 4 is 5.91 Å². The highest BCUT2D eigenvalue weighted by atomic mass is 16.1. The molecule has 1 aromatic carbocycles. The van der Waals surface area contributed by atoms with Crippen molar-refractivity contribution in [2.24, 2.45) is 5.92 Å². The number of aryl methyl sites for hydroxylation is 1. The summed E-state index contributed by atoms with van der Waals surface area (Å²) in [6.45, 7) is 8.03. The average Bonchev–Trinajstić information content (AvgIpc) is 2.75. The fourth-order valence-corrected chi connectivity index (χ4v) is 3.10. The number of carbonyl (C=O) groups excluding carboxylic acids is 1. The third kappa shape index (κ3) is 4.29. The summed E-state index contributed by atoms with van der Waals surface area (Å²) in [7, 11) is 0. The number of hydrogen-bond acceptors (Lipinski definition) is 3. The Morgan fingerprint density at radius 1 is 1.19 bits per heavy atom. The third-order valence-corrected chi connectivity index (χ3v) is 4.49. The summed E-state index contributed by atoms with van der Waals surface area (Å²) in [6, 6.07) is 9.72. The van der Waals surface area contributed by atoms with Crippen molar-refractivity contribution in [3.8, 4) is 0 Å². The van der Waals surface area contributed by atoms with Gasteiger partial charge in [0.25, 0.3) is 0 Å². The smallest absolute Gasteiger partial charge is 0.217 e.